The molecule has 0 aliphatic rings. The molecule has 1 unspecified atom stereocenters. The fraction of sp³-hybridized carbons (Fsp3) is 0.273. The monoisotopic (exact) mass is 249 g/mol. The summed E-state index contributed by atoms with van der Waals surface area (Å²) in [5.74, 6) is 0.407. The number of aryl methyl sites for hydroxylation is 1. The van der Waals surface area contributed by atoms with Gasteiger partial charge in [-0.1, -0.05) is 5.16 Å². The van der Waals surface area contributed by atoms with Crippen molar-refractivity contribution >= 4 is 5.69 Å². The third-order valence-corrected chi connectivity index (χ3v) is 2.46. The van der Waals surface area contributed by atoms with Crippen LogP contribution in [0.4, 0.5) is 5.69 Å². The molecule has 0 radical (unpaired) electrons. The van der Waals surface area contributed by atoms with Crippen molar-refractivity contribution in [1.82, 2.24) is 10.1 Å². The second kappa shape index (κ2) is 4.53. The maximum Gasteiger partial charge on any atom is 0.272 e. The Morgan fingerprint density at radius 2 is 2.22 bits per heavy atom. The molecule has 0 saturated heterocycles. The Morgan fingerprint density at radius 1 is 1.50 bits per heavy atom. The van der Waals surface area contributed by atoms with E-state index in [2.05, 4.69) is 10.1 Å². The first-order valence-electron chi connectivity index (χ1n) is 5.26. The SMILES string of the molecule is Cc1cc(-c2nc(C(C)O)no2)ccc1[N+](=O)[O-]. The smallest absolute Gasteiger partial charge is 0.272 e. The van der Waals surface area contributed by atoms with Gasteiger partial charge in [-0.3, -0.25) is 10.1 Å². The van der Waals surface area contributed by atoms with Crippen LogP contribution in [-0.2, 0) is 0 Å². The lowest BCUT2D eigenvalue weighted by atomic mass is 10.1. The molecule has 0 aliphatic heterocycles. The summed E-state index contributed by atoms with van der Waals surface area (Å²) in [6.45, 7) is 3.16. The molecule has 0 aliphatic carbocycles. The number of aliphatic hydroxyl groups is 1. The van der Waals surface area contributed by atoms with Crippen molar-refractivity contribution in [2.24, 2.45) is 0 Å². The van der Waals surface area contributed by atoms with Crippen LogP contribution in [0.25, 0.3) is 11.5 Å². The van der Waals surface area contributed by atoms with Crippen LogP contribution in [0, 0.1) is 17.0 Å². The molecule has 0 amide bonds. The third-order valence-electron chi connectivity index (χ3n) is 2.46. The van der Waals surface area contributed by atoms with Gasteiger partial charge in [0.25, 0.3) is 11.6 Å². The first kappa shape index (κ1) is 12.2. The average Bonchev–Trinajstić information content (AvgIpc) is 2.77. The van der Waals surface area contributed by atoms with E-state index in [-0.39, 0.29) is 17.4 Å². The van der Waals surface area contributed by atoms with Crippen molar-refractivity contribution in [1.29, 1.82) is 0 Å². The second-order valence-corrected chi connectivity index (χ2v) is 3.89. The molecule has 94 valence electrons. The molecule has 2 aromatic rings. The summed E-state index contributed by atoms with van der Waals surface area (Å²) in [5.41, 5.74) is 1.13. The molecular formula is C11H11N3O4. The van der Waals surface area contributed by atoms with Crippen LogP contribution in [0.2, 0.25) is 0 Å². The van der Waals surface area contributed by atoms with Gasteiger partial charge in [0.15, 0.2) is 5.82 Å². The van der Waals surface area contributed by atoms with E-state index in [0.717, 1.165) is 0 Å². The van der Waals surface area contributed by atoms with Gasteiger partial charge in [0, 0.05) is 17.2 Å². The lowest BCUT2D eigenvalue weighted by molar-refractivity contribution is -0.385. The van der Waals surface area contributed by atoms with E-state index < -0.39 is 11.0 Å². The van der Waals surface area contributed by atoms with E-state index in [1.807, 2.05) is 0 Å². The highest BCUT2D eigenvalue weighted by Gasteiger charge is 2.16. The number of hydrogen-bond acceptors (Lipinski definition) is 6. The van der Waals surface area contributed by atoms with E-state index in [4.69, 9.17) is 4.52 Å². The lowest BCUT2D eigenvalue weighted by Crippen LogP contribution is -1.94. The van der Waals surface area contributed by atoms with Crippen molar-refractivity contribution in [3.8, 4) is 11.5 Å². The Hall–Kier alpha value is -2.28. The Balaban J connectivity index is 2.39. The predicted octanol–water partition coefficient (Wildman–Crippen LogP) is 2.01. The number of nitrogens with zero attached hydrogens (tertiary/aromatic N) is 3. The maximum atomic E-state index is 10.7. The number of hydrogen-bond donors (Lipinski definition) is 1. The zero-order valence-electron chi connectivity index (χ0n) is 9.82. The zero-order chi connectivity index (χ0) is 13.3. The van der Waals surface area contributed by atoms with Gasteiger partial charge < -0.3 is 9.63 Å². The Kier molecular flexibility index (Phi) is 3.07. The minimum absolute atomic E-state index is 0.0361. The van der Waals surface area contributed by atoms with Gasteiger partial charge in [-0.05, 0) is 26.0 Å². The van der Waals surface area contributed by atoms with Gasteiger partial charge in [0.1, 0.15) is 6.10 Å². The van der Waals surface area contributed by atoms with E-state index >= 15 is 0 Å². The third kappa shape index (κ3) is 2.21. The fourth-order valence-electron chi connectivity index (χ4n) is 1.52. The second-order valence-electron chi connectivity index (χ2n) is 3.89. The summed E-state index contributed by atoms with van der Waals surface area (Å²) in [5, 5.41) is 23.6. The van der Waals surface area contributed by atoms with Crippen molar-refractivity contribution in [2.75, 3.05) is 0 Å². The van der Waals surface area contributed by atoms with Gasteiger partial charge in [0.05, 0.1) is 4.92 Å². The fourth-order valence-corrected chi connectivity index (χ4v) is 1.52. The summed E-state index contributed by atoms with van der Waals surface area (Å²) < 4.78 is 4.98. The molecule has 0 spiro atoms. The van der Waals surface area contributed by atoms with Crippen LogP contribution in [0.1, 0.15) is 24.4 Å². The van der Waals surface area contributed by atoms with Crippen LogP contribution in [-0.4, -0.2) is 20.2 Å². The molecule has 7 heteroatoms. The van der Waals surface area contributed by atoms with Crippen LogP contribution in [0.5, 0.6) is 0 Å². The summed E-state index contributed by atoms with van der Waals surface area (Å²) in [6.07, 6.45) is -0.818. The molecule has 1 aromatic heterocycles. The van der Waals surface area contributed by atoms with Crippen LogP contribution >= 0.6 is 0 Å². The highest BCUT2D eigenvalue weighted by molar-refractivity contribution is 5.58. The number of benzene rings is 1. The van der Waals surface area contributed by atoms with Gasteiger partial charge in [-0.15, -0.1) is 0 Å². The quantitative estimate of drug-likeness (QED) is 0.659. The van der Waals surface area contributed by atoms with Crippen molar-refractivity contribution in [3.63, 3.8) is 0 Å². The van der Waals surface area contributed by atoms with Gasteiger partial charge in [0.2, 0.25) is 0 Å². The Labute approximate surface area is 102 Å². The summed E-state index contributed by atoms with van der Waals surface area (Å²) in [6, 6.07) is 4.51. The molecule has 1 aromatic carbocycles. The van der Waals surface area contributed by atoms with E-state index in [1.54, 1.807) is 13.0 Å². The number of nitro benzene ring substituents is 1. The average molecular weight is 249 g/mol. The molecule has 1 heterocycles. The van der Waals surface area contributed by atoms with Gasteiger partial charge in [-0.2, -0.15) is 4.98 Å². The molecule has 0 bridgehead atoms. The highest BCUT2D eigenvalue weighted by Crippen LogP contribution is 2.25. The highest BCUT2D eigenvalue weighted by atomic mass is 16.6. The van der Waals surface area contributed by atoms with Crippen LogP contribution in [0.15, 0.2) is 22.7 Å². The normalized spacial score (nSPS) is 12.4. The molecule has 18 heavy (non-hydrogen) atoms. The first-order chi connectivity index (χ1) is 8.49. The lowest BCUT2D eigenvalue weighted by Gasteiger charge is -1.98. The number of nitro groups is 1. The standard InChI is InChI=1S/C11H11N3O4/c1-6-5-8(3-4-9(6)14(16)17)11-12-10(7(2)15)13-18-11/h3-5,7,15H,1-2H3. The van der Waals surface area contributed by atoms with Crippen molar-refractivity contribution in [3.05, 3.63) is 39.7 Å². The zero-order valence-corrected chi connectivity index (χ0v) is 9.82. The molecule has 2 rings (SSSR count). The predicted molar refractivity (Wildman–Crippen MR) is 61.8 cm³/mol. The molecule has 0 saturated carbocycles. The van der Waals surface area contributed by atoms with Gasteiger partial charge >= 0.3 is 0 Å². The minimum atomic E-state index is -0.818. The maximum absolute atomic E-state index is 10.7. The Morgan fingerprint density at radius 3 is 2.72 bits per heavy atom. The molecule has 0 fully saturated rings. The van der Waals surface area contributed by atoms with Gasteiger partial charge in [-0.25, -0.2) is 0 Å². The first-order valence-corrected chi connectivity index (χ1v) is 5.26. The molecular weight excluding hydrogens is 238 g/mol. The minimum Gasteiger partial charge on any atom is -0.385 e. The largest absolute Gasteiger partial charge is 0.385 e. The van der Waals surface area contributed by atoms with Crippen LogP contribution < -0.4 is 0 Å². The van der Waals surface area contributed by atoms with Crippen molar-refractivity contribution in [2.45, 2.75) is 20.0 Å². The molecule has 1 N–H and O–H groups in total. The molecule has 7 nitrogen and oxygen atoms in total. The Bertz CT molecular complexity index is 592. The summed E-state index contributed by atoms with van der Waals surface area (Å²) in [7, 11) is 0. The van der Waals surface area contributed by atoms with Crippen molar-refractivity contribution < 1.29 is 14.6 Å². The topological polar surface area (TPSA) is 102 Å². The number of rotatable bonds is 3. The summed E-state index contributed by atoms with van der Waals surface area (Å²) in [4.78, 5) is 14.2. The number of aliphatic hydroxyl groups excluding tert-OH is 1. The van der Waals surface area contributed by atoms with E-state index in [1.165, 1.54) is 19.1 Å². The molecule has 1 atom stereocenters. The number of aromatic nitrogens is 2. The summed E-state index contributed by atoms with van der Waals surface area (Å²) >= 11 is 0. The van der Waals surface area contributed by atoms with Crippen LogP contribution in [0.3, 0.4) is 0 Å². The van der Waals surface area contributed by atoms with E-state index in [0.29, 0.717) is 11.1 Å². The van der Waals surface area contributed by atoms with E-state index in [9.17, 15) is 15.2 Å².